The fourth-order valence-corrected chi connectivity index (χ4v) is 2.80. The van der Waals surface area contributed by atoms with Crippen LogP contribution in [-0.2, 0) is 6.54 Å². The van der Waals surface area contributed by atoms with E-state index in [2.05, 4.69) is 25.4 Å². The number of nitrogens with one attached hydrogen (secondary N) is 2. The highest BCUT2D eigenvalue weighted by molar-refractivity contribution is 7.13. The van der Waals surface area contributed by atoms with E-state index in [1.54, 1.807) is 0 Å². The van der Waals surface area contributed by atoms with Crippen LogP contribution in [0.25, 0.3) is 21.7 Å². The molecular formula is C15H11N5O2S. The van der Waals surface area contributed by atoms with Crippen LogP contribution in [0.1, 0.15) is 16.5 Å². The van der Waals surface area contributed by atoms with Gasteiger partial charge in [0.15, 0.2) is 0 Å². The van der Waals surface area contributed by atoms with Gasteiger partial charge in [-0.25, -0.2) is 4.98 Å². The Kier molecular flexibility index (Phi) is 3.35. The van der Waals surface area contributed by atoms with E-state index in [-0.39, 0.29) is 12.4 Å². The van der Waals surface area contributed by atoms with Crippen molar-refractivity contribution in [1.29, 1.82) is 0 Å². The molecular weight excluding hydrogens is 314 g/mol. The van der Waals surface area contributed by atoms with Gasteiger partial charge in [0.25, 0.3) is 0 Å². The van der Waals surface area contributed by atoms with Crippen molar-refractivity contribution in [2.75, 3.05) is 0 Å². The number of aromatic amines is 1. The maximum Gasteiger partial charge on any atom is 0.316 e. The fraction of sp³-hybridized carbons (Fsp3) is 0.0667. The van der Waals surface area contributed by atoms with Crippen molar-refractivity contribution < 1.29 is 9.32 Å². The number of aromatic nitrogens is 4. The average Bonchev–Trinajstić information content (AvgIpc) is 3.31. The zero-order valence-electron chi connectivity index (χ0n) is 11.8. The first kappa shape index (κ1) is 13.6. The number of thiophene rings is 1. The summed E-state index contributed by atoms with van der Waals surface area (Å²) in [6, 6.07) is 11.4. The Morgan fingerprint density at radius 3 is 2.96 bits per heavy atom. The summed E-state index contributed by atoms with van der Waals surface area (Å²) < 4.78 is 5.00. The molecule has 7 nitrogen and oxygen atoms in total. The number of fused-ring (bicyclic) bond motifs is 1. The number of carbonyl (C=O) groups excluding carboxylic acids is 1. The van der Waals surface area contributed by atoms with Crippen LogP contribution in [-0.4, -0.2) is 26.0 Å². The van der Waals surface area contributed by atoms with Crippen LogP contribution < -0.4 is 5.32 Å². The SMILES string of the molecule is O=C(NCc1nc2ccccc2[nH]1)c1nc(-c2cccs2)no1. The molecule has 0 atom stereocenters. The van der Waals surface area contributed by atoms with Gasteiger partial charge in [0, 0.05) is 0 Å². The molecule has 0 aliphatic heterocycles. The summed E-state index contributed by atoms with van der Waals surface area (Å²) in [5.74, 6) is 0.580. The minimum atomic E-state index is -0.430. The van der Waals surface area contributed by atoms with Crippen molar-refractivity contribution in [1.82, 2.24) is 25.4 Å². The zero-order valence-corrected chi connectivity index (χ0v) is 12.6. The maximum absolute atomic E-state index is 12.1. The highest BCUT2D eigenvalue weighted by atomic mass is 32.1. The minimum absolute atomic E-state index is 0.0653. The number of carbonyl (C=O) groups is 1. The molecule has 0 aliphatic rings. The van der Waals surface area contributed by atoms with E-state index in [4.69, 9.17) is 4.52 Å². The lowest BCUT2D eigenvalue weighted by Gasteiger charge is -1.97. The number of rotatable bonds is 4. The molecule has 114 valence electrons. The summed E-state index contributed by atoms with van der Waals surface area (Å²) in [6.07, 6.45) is 0. The summed E-state index contributed by atoms with van der Waals surface area (Å²) in [4.78, 5) is 24.5. The first-order valence-corrected chi connectivity index (χ1v) is 7.77. The first-order valence-electron chi connectivity index (χ1n) is 6.89. The molecule has 4 aromatic rings. The zero-order chi connectivity index (χ0) is 15.6. The van der Waals surface area contributed by atoms with Crippen molar-refractivity contribution in [2.24, 2.45) is 0 Å². The highest BCUT2D eigenvalue weighted by Crippen LogP contribution is 2.21. The molecule has 0 spiro atoms. The van der Waals surface area contributed by atoms with Crippen LogP contribution in [0.2, 0.25) is 0 Å². The first-order chi connectivity index (χ1) is 11.3. The molecule has 0 saturated heterocycles. The molecule has 1 aromatic carbocycles. The van der Waals surface area contributed by atoms with Gasteiger partial charge in [-0.15, -0.1) is 11.3 Å². The molecule has 1 amide bonds. The predicted octanol–water partition coefficient (Wildman–Crippen LogP) is 2.60. The van der Waals surface area contributed by atoms with E-state index in [0.29, 0.717) is 11.6 Å². The monoisotopic (exact) mass is 325 g/mol. The normalized spacial score (nSPS) is 11.0. The number of hydrogen-bond acceptors (Lipinski definition) is 6. The topological polar surface area (TPSA) is 96.7 Å². The second kappa shape index (κ2) is 5.65. The van der Waals surface area contributed by atoms with Gasteiger partial charge in [0.2, 0.25) is 5.82 Å². The number of amides is 1. The smallest absolute Gasteiger partial charge is 0.316 e. The van der Waals surface area contributed by atoms with E-state index >= 15 is 0 Å². The molecule has 3 aromatic heterocycles. The van der Waals surface area contributed by atoms with Crippen molar-refractivity contribution in [3.63, 3.8) is 0 Å². The van der Waals surface area contributed by atoms with Gasteiger partial charge in [-0.05, 0) is 23.6 Å². The Bertz CT molecular complexity index is 924. The number of H-pyrrole nitrogens is 1. The van der Waals surface area contributed by atoms with Crippen LogP contribution in [0.5, 0.6) is 0 Å². The number of nitrogens with zero attached hydrogens (tertiary/aromatic N) is 3. The number of para-hydroxylation sites is 2. The molecule has 0 radical (unpaired) electrons. The summed E-state index contributed by atoms with van der Waals surface area (Å²) in [5, 5.41) is 8.43. The van der Waals surface area contributed by atoms with E-state index in [1.807, 2.05) is 41.8 Å². The van der Waals surface area contributed by atoms with Crippen molar-refractivity contribution in [3.05, 3.63) is 53.5 Å². The molecule has 4 rings (SSSR count). The van der Waals surface area contributed by atoms with Gasteiger partial charge < -0.3 is 14.8 Å². The lowest BCUT2D eigenvalue weighted by Crippen LogP contribution is -2.23. The number of hydrogen-bond donors (Lipinski definition) is 2. The van der Waals surface area contributed by atoms with Gasteiger partial charge >= 0.3 is 11.8 Å². The third-order valence-corrected chi connectivity index (χ3v) is 4.08. The quantitative estimate of drug-likeness (QED) is 0.601. The average molecular weight is 325 g/mol. The second-order valence-corrected chi connectivity index (χ2v) is 5.73. The summed E-state index contributed by atoms with van der Waals surface area (Å²) in [6.45, 7) is 0.254. The molecule has 0 aliphatic carbocycles. The third-order valence-electron chi connectivity index (χ3n) is 3.22. The van der Waals surface area contributed by atoms with Gasteiger partial charge in [0.1, 0.15) is 5.82 Å². The van der Waals surface area contributed by atoms with Crippen molar-refractivity contribution in [3.8, 4) is 10.7 Å². The van der Waals surface area contributed by atoms with Crippen LogP contribution in [0, 0.1) is 0 Å². The molecule has 2 N–H and O–H groups in total. The molecule has 0 saturated carbocycles. The van der Waals surface area contributed by atoms with E-state index < -0.39 is 5.91 Å². The Balaban J connectivity index is 1.45. The largest absolute Gasteiger partial charge is 0.341 e. The molecule has 8 heteroatoms. The second-order valence-electron chi connectivity index (χ2n) is 4.78. The standard InChI is InChI=1S/C15H11N5O2S/c21-14(15-19-13(20-22-15)11-6-3-7-23-11)16-8-12-17-9-4-1-2-5-10(9)18-12/h1-7H,8H2,(H,16,21)(H,17,18). The Morgan fingerprint density at radius 1 is 1.22 bits per heavy atom. The fourth-order valence-electron chi connectivity index (χ4n) is 2.15. The van der Waals surface area contributed by atoms with E-state index in [9.17, 15) is 4.79 Å². The van der Waals surface area contributed by atoms with Crippen molar-refractivity contribution in [2.45, 2.75) is 6.54 Å². The summed E-state index contributed by atoms with van der Waals surface area (Å²) >= 11 is 1.48. The predicted molar refractivity (Wildman–Crippen MR) is 84.9 cm³/mol. The summed E-state index contributed by atoms with van der Waals surface area (Å²) in [7, 11) is 0. The molecule has 23 heavy (non-hydrogen) atoms. The lowest BCUT2D eigenvalue weighted by molar-refractivity contribution is 0.0906. The molecule has 0 bridgehead atoms. The minimum Gasteiger partial charge on any atom is -0.341 e. The van der Waals surface area contributed by atoms with Crippen LogP contribution in [0.15, 0.2) is 46.3 Å². The van der Waals surface area contributed by atoms with Gasteiger partial charge in [0.05, 0.1) is 22.5 Å². The Hall–Kier alpha value is -3.00. The molecule has 0 unspecified atom stereocenters. The van der Waals surface area contributed by atoms with Crippen LogP contribution in [0.4, 0.5) is 0 Å². The highest BCUT2D eigenvalue weighted by Gasteiger charge is 2.16. The molecule has 3 heterocycles. The van der Waals surface area contributed by atoms with Gasteiger partial charge in [-0.3, -0.25) is 4.79 Å². The number of imidazole rings is 1. The number of benzene rings is 1. The van der Waals surface area contributed by atoms with Crippen molar-refractivity contribution >= 4 is 28.3 Å². The van der Waals surface area contributed by atoms with Gasteiger partial charge in [-0.2, -0.15) is 4.98 Å². The van der Waals surface area contributed by atoms with Crippen LogP contribution >= 0.6 is 11.3 Å². The van der Waals surface area contributed by atoms with E-state index in [1.165, 1.54) is 11.3 Å². The third kappa shape index (κ3) is 2.71. The van der Waals surface area contributed by atoms with E-state index in [0.717, 1.165) is 15.9 Å². The maximum atomic E-state index is 12.1. The Morgan fingerprint density at radius 2 is 2.13 bits per heavy atom. The Labute approximate surface area is 134 Å². The summed E-state index contributed by atoms with van der Waals surface area (Å²) in [5.41, 5.74) is 1.78. The van der Waals surface area contributed by atoms with Gasteiger partial charge in [-0.1, -0.05) is 23.4 Å². The molecule has 0 fully saturated rings. The lowest BCUT2D eigenvalue weighted by atomic mass is 10.3. The van der Waals surface area contributed by atoms with Crippen LogP contribution in [0.3, 0.4) is 0 Å².